The maximum Gasteiger partial charge on any atom is 0.341 e. The standard InChI is InChI=1S/C31H33N3O5S/c1-4-24(28(35)34-29-26(31(37)38-3)21-9-7-5-6-8-10-25(21)40-29)39-30(36)20-15-16-22-23(17-20)33-27(32-22)19-13-11-18(2)12-14-19/h11-17,24H,4-10H2,1-3H3,(H,32,33)(H,34,35). The number of aryl methyl sites for hydroxylation is 2. The molecule has 8 nitrogen and oxygen atoms in total. The lowest BCUT2D eigenvalue weighted by Gasteiger charge is -2.16. The third-order valence-corrected chi connectivity index (χ3v) is 8.46. The fourth-order valence-corrected chi connectivity index (χ4v) is 6.30. The van der Waals surface area contributed by atoms with Crippen LogP contribution in [0.4, 0.5) is 5.00 Å². The van der Waals surface area contributed by atoms with Crippen molar-refractivity contribution in [2.45, 2.75) is 64.9 Å². The molecule has 9 heteroatoms. The van der Waals surface area contributed by atoms with Gasteiger partial charge in [-0.15, -0.1) is 11.3 Å². The maximum absolute atomic E-state index is 13.3. The van der Waals surface area contributed by atoms with Crippen LogP contribution >= 0.6 is 11.3 Å². The third-order valence-electron chi connectivity index (χ3n) is 7.25. The van der Waals surface area contributed by atoms with Gasteiger partial charge in [0.05, 0.1) is 29.3 Å². The number of methoxy groups -OCH3 is 1. The van der Waals surface area contributed by atoms with Crippen LogP contribution in [0.1, 0.15) is 75.7 Å². The molecule has 1 atom stereocenters. The van der Waals surface area contributed by atoms with Crippen LogP contribution < -0.4 is 5.32 Å². The highest BCUT2D eigenvalue weighted by molar-refractivity contribution is 7.17. The average Bonchev–Trinajstić information content (AvgIpc) is 3.51. The van der Waals surface area contributed by atoms with E-state index in [1.165, 1.54) is 18.4 Å². The molecule has 40 heavy (non-hydrogen) atoms. The fourth-order valence-electron chi connectivity index (χ4n) is 5.02. The quantitative estimate of drug-likeness (QED) is 0.246. The number of thiophene rings is 1. The van der Waals surface area contributed by atoms with Crippen LogP contribution in [0, 0.1) is 6.92 Å². The highest BCUT2D eigenvalue weighted by Gasteiger charge is 2.29. The average molecular weight is 560 g/mol. The van der Waals surface area contributed by atoms with Crippen molar-refractivity contribution in [3.05, 3.63) is 69.6 Å². The minimum atomic E-state index is -1.02. The van der Waals surface area contributed by atoms with Gasteiger partial charge in [-0.05, 0) is 62.8 Å². The van der Waals surface area contributed by atoms with E-state index in [9.17, 15) is 14.4 Å². The van der Waals surface area contributed by atoms with Crippen molar-refractivity contribution in [2.24, 2.45) is 0 Å². The Hall–Kier alpha value is -3.98. The zero-order valence-corrected chi connectivity index (χ0v) is 23.8. The van der Waals surface area contributed by atoms with Gasteiger partial charge in [0.25, 0.3) is 5.91 Å². The van der Waals surface area contributed by atoms with Gasteiger partial charge < -0.3 is 19.8 Å². The second-order valence-corrected chi connectivity index (χ2v) is 11.2. The molecule has 0 saturated heterocycles. The number of carbonyl (C=O) groups is 3. The molecule has 2 aromatic heterocycles. The van der Waals surface area contributed by atoms with Crippen molar-refractivity contribution in [1.29, 1.82) is 0 Å². The molecule has 1 unspecified atom stereocenters. The molecule has 208 valence electrons. The molecule has 2 heterocycles. The third kappa shape index (κ3) is 5.79. The highest BCUT2D eigenvalue weighted by Crippen LogP contribution is 2.37. The Morgan fingerprint density at radius 2 is 1.77 bits per heavy atom. The molecule has 2 N–H and O–H groups in total. The fraction of sp³-hybridized carbons (Fsp3) is 0.355. The summed E-state index contributed by atoms with van der Waals surface area (Å²) in [7, 11) is 1.35. The van der Waals surface area contributed by atoms with Crippen molar-refractivity contribution < 1.29 is 23.9 Å². The molecule has 2 aromatic carbocycles. The number of hydrogen-bond acceptors (Lipinski definition) is 7. The Morgan fingerprint density at radius 1 is 1.02 bits per heavy atom. The number of aromatic amines is 1. The van der Waals surface area contributed by atoms with Gasteiger partial charge in [-0.1, -0.05) is 49.6 Å². The Kier molecular flexibility index (Phi) is 8.30. The summed E-state index contributed by atoms with van der Waals surface area (Å²) in [6, 6.07) is 13.1. The normalized spacial score (nSPS) is 14.1. The number of ether oxygens (including phenoxy) is 2. The molecule has 1 amide bonds. The summed E-state index contributed by atoms with van der Waals surface area (Å²) >= 11 is 1.42. The van der Waals surface area contributed by atoms with E-state index in [0.29, 0.717) is 27.5 Å². The number of anilines is 1. The predicted molar refractivity (Wildman–Crippen MR) is 156 cm³/mol. The van der Waals surface area contributed by atoms with Crippen molar-refractivity contribution in [1.82, 2.24) is 9.97 Å². The maximum atomic E-state index is 13.3. The summed E-state index contributed by atoms with van der Waals surface area (Å²) in [5.74, 6) is -0.837. The summed E-state index contributed by atoms with van der Waals surface area (Å²) in [6.07, 6.45) is 5.20. The van der Waals surface area contributed by atoms with Crippen LogP contribution in [-0.4, -0.2) is 41.0 Å². The Bertz CT molecular complexity index is 1550. The number of rotatable bonds is 7. The summed E-state index contributed by atoms with van der Waals surface area (Å²) in [5, 5.41) is 3.33. The monoisotopic (exact) mass is 559 g/mol. The number of fused-ring (bicyclic) bond motifs is 2. The molecule has 1 aliphatic carbocycles. The van der Waals surface area contributed by atoms with E-state index >= 15 is 0 Å². The molecular weight excluding hydrogens is 526 g/mol. The topological polar surface area (TPSA) is 110 Å². The molecule has 4 aromatic rings. The van der Waals surface area contributed by atoms with Crippen LogP contribution in [0.15, 0.2) is 42.5 Å². The highest BCUT2D eigenvalue weighted by atomic mass is 32.1. The van der Waals surface area contributed by atoms with E-state index in [2.05, 4.69) is 15.3 Å². The first kappa shape index (κ1) is 27.6. The molecule has 0 radical (unpaired) electrons. The number of esters is 2. The number of amides is 1. The number of nitrogens with one attached hydrogen (secondary N) is 2. The van der Waals surface area contributed by atoms with Crippen molar-refractivity contribution in [3.8, 4) is 11.4 Å². The van der Waals surface area contributed by atoms with Crippen molar-refractivity contribution >= 4 is 45.2 Å². The van der Waals surface area contributed by atoms with E-state index in [1.807, 2.05) is 31.2 Å². The Morgan fingerprint density at radius 3 is 2.50 bits per heavy atom. The number of nitrogens with zero attached hydrogens (tertiary/aromatic N) is 1. The lowest BCUT2D eigenvalue weighted by molar-refractivity contribution is -0.124. The van der Waals surface area contributed by atoms with E-state index in [4.69, 9.17) is 9.47 Å². The van der Waals surface area contributed by atoms with E-state index in [0.717, 1.165) is 65.6 Å². The van der Waals surface area contributed by atoms with Crippen LogP contribution in [0.25, 0.3) is 22.4 Å². The van der Waals surface area contributed by atoms with Gasteiger partial charge in [-0.25, -0.2) is 14.6 Å². The van der Waals surface area contributed by atoms with Gasteiger partial charge in [-0.3, -0.25) is 4.79 Å². The molecular formula is C31H33N3O5S. The molecule has 0 aliphatic heterocycles. The van der Waals surface area contributed by atoms with Gasteiger partial charge in [0, 0.05) is 10.4 Å². The number of aromatic nitrogens is 2. The van der Waals surface area contributed by atoms with Crippen LogP contribution in [0.2, 0.25) is 0 Å². The first-order valence-electron chi connectivity index (χ1n) is 13.7. The van der Waals surface area contributed by atoms with Crippen molar-refractivity contribution in [2.75, 3.05) is 12.4 Å². The minimum Gasteiger partial charge on any atom is -0.465 e. The zero-order chi connectivity index (χ0) is 28.2. The lowest BCUT2D eigenvalue weighted by atomic mass is 9.96. The lowest BCUT2D eigenvalue weighted by Crippen LogP contribution is -2.32. The zero-order valence-electron chi connectivity index (χ0n) is 23.0. The second-order valence-electron chi connectivity index (χ2n) is 10.1. The number of hydrogen-bond donors (Lipinski definition) is 2. The molecule has 1 aliphatic rings. The van der Waals surface area contributed by atoms with Gasteiger partial charge in [-0.2, -0.15) is 0 Å². The Labute approximate surface area is 237 Å². The van der Waals surface area contributed by atoms with Crippen LogP contribution in [0.5, 0.6) is 0 Å². The van der Waals surface area contributed by atoms with Gasteiger partial charge >= 0.3 is 11.9 Å². The molecule has 0 bridgehead atoms. The van der Waals surface area contributed by atoms with Gasteiger partial charge in [0.1, 0.15) is 10.8 Å². The molecule has 5 rings (SSSR count). The summed E-state index contributed by atoms with van der Waals surface area (Å²) in [4.78, 5) is 48.0. The van der Waals surface area contributed by atoms with Crippen molar-refractivity contribution in [3.63, 3.8) is 0 Å². The Balaban J connectivity index is 1.33. The molecule has 0 spiro atoms. The second kappa shape index (κ2) is 12.0. The van der Waals surface area contributed by atoms with E-state index in [-0.39, 0.29) is 6.42 Å². The number of imidazole rings is 1. The smallest absolute Gasteiger partial charge is 0.341 e. The molecule has 0 saturated carbocycles. The summed E-state index contributed by atoms with van der Waals surface area (Å²) in [5.41, 5.74) is 5.23. The first-order chi connectivity index (χ1) is 19.4. The van der Waals surface area contributed by atoms with Crippen LogP contribution in [-0.2, 0) is 27.1 Å². The SMILES string of the molecule is CCC(OC(=O)c1ccc2nc(-c3ccc(C)cc3)[nH]c2c1)C(=O)Nc1sc2c(c1C(=O)OC)CCCCCC2. The minimum absolute atomic E-state index is 0.278. The van der Waals surface area contributed by atoms with Gasteiger partial charge in [0.2, 0.25) is 0 Å². The van der Waals surface area contributed by atoms with E-state index in [1.54, 1.807) is 25.1 Å². The van der Waals surface area contributed by atoms with Crippen LogP contribution in [0.3, 0.4) is 0 Å². The largest absolute Gasteiger partial charge is 0.465 e. The first-order valence-corrected chi connectivity index (χ1v) is 14.5. The van der Waals surface area contributed by atoms with E-state index < -0.39 is 23.9 Å². The molecule has 0 fully saturated rings. The number of carbonyl (C=O) groups excluding carboxylic acids is 3. The number of H-pyrrole nitrogens is 1. The predicted octanol–water partition coefficient (Wildman–Crippen LogP) is 6.62. The summed E-state index contributed by atoms with van der Waals surface area (Å²) < 4.78 is 10.7. The summed E-state index contributed by atoms with van der Waals surface area (Å²) in [6.45, 7) is 3.80. The van der Waals surface area contributed by atoms with Gasteiger partial charge in [0.15, 0.2) is 6.10 Å². The number of benzene rings is 2.